The zero-order valence-corrected chi connectivity index (χ0v) is 19.3. The molecule has 10 heteroatoms. The average molecular weight is 527 g/mol. The van der Waals surface area contributed by atoms with E-state index in [0.29, 0.717) is 25.5 Å². The fourth-order valence-electron chi connectivity index (χ4n) is 3.05. The number of aliphatic imine (C=N–C) groups is 1. The Balaban J connectivity index is 0.00000420. The van der Waals surface area contributed by atoms with Crippen LogP contribution < -0.4 is 10.6 Å². The molecule has 0 aromatic heterocycles. The predicted molar refractivity (Wildman–Crippen MR) is 118 cm³/mol. The number of carbonyl (C=O) groups excluding carboxylic acids is 1. The molecule has 164 valence electrons. The number of halogens is 4. The van der Waals surface area contributed by atoms with Gasteiger partial charge in [-0.05, 0) is 24.1 Å². The smallest absolute Gasteiger partial charge is 0.356 e. The molecule has 1 aliphatic rings. The molecule has 1 aromatic rings. The summed E-state index contributed by atoms with van der Waals surface area (Å²) in [6, 6.07) is 5.52. The fraction of sp³-hybridized carbons (Fsp3) is 0.579. The highest BCUT2D eigenvalue weighted by molar-refractivity contribution is 14.0. The van der Waals surface area contributed by atoms with Crippen LogP contribution in [-0.4, -0.2) is 68.5 Å². The summed E-state index contributed by atoms with van der Waals surface area (Å²) in [6.45, 7) is 2.74. The van der Waals surface area contributed by atoms with E-state index >= 15 is 0 Å². The molecule has 0 bridgehead atoms. The molecule has 0 spiro atoms. The number of hydrogen-bond donors (Lipinski definition) is 2. The maximum atomic E-state index is 12.6. The number of amides is 1. The molecule has 6 nitrogen and oxygen atoms in total. The molecule has 1 unspecified atom stereocenters. The third kappa shape index (κ3) is 8.37. The molecular weight excluding hydrogens is 498 g/mol. The maximum Gasteiger partial charge on any atom is 0.416 e. The first-order valence-electron chi connectivity index (χ1n) is 9.25. The van der Waals surface area contributed by atoms with Gasteiger partial charge in [0.1, 0.15) is 0 Å². The topological polar surface area (TPSA) is 60.0 Å². The van der Waals surface area contributed by atoms with Crippen LogP contribution in [0.25, 0.3) is 0 Å². The summed E-state index contributed by atoms with van der Waals surface area (Å²) >= 11 is 0. The van der Waals surface area contributed by atoms with Crippen LogP contribution in [-0.2, 0) is 17.5 Å². The number of benzene rings is 1. The monoisotopic (exact) mass is 527 g/mol. The van der Waals surface area contributed by atoms with E-state index in [1.165, 1.54) is 12.1 Å². The van der Waals surface area contributed by atoms with E-state index < -0.39 is 11.7 Å². The Morgan fingerprint density at radius 1 is 1.28 bits per heavy atom. The molecule has 0 radical (unpaired) electrons. The van der Waals surface area contributed by atoms with Crippen molar-refractivity contribution in [1.29, 1.82) is 0 Å². The van der Waals surface area contributed by atoms with Crippen LogP contribution in [0.3, 0.4) is 0 Å². The number of nitrogens with zero attached hydrogens (tertiary/aromatic N) is 3. The van der Waals surface area contributed by atoms with Crippen molar-refractivity contribution < 1.29 is 18.0 Å². The van der Waals surface area contributed by atoms with Gasteiger partial charge in [0, 0.05) is 59.8 Å². The van der Waals surface area contributed by atoms with E-state index in [1.54, 1.807) is 26.0 Å². The quantitative estimate of drug-likeness (QED) is 0.340. The van der Waals surface area contributed by atoms with Crippen molar-refractivity contribution in [3.8, 4) is 0 Å². The summed E-state index contributed by atoms with van der Waals surface area (Å²) in [5, 5.41) is 6.47. The molecule has 1 heterocycles. The van der Waals surface area contributed by atoms with E-state index in [2.05, 4.69) is 20.5 Å². The Morgan fingerprint density at radius 3 is 2.48 bits per heavy atom. The van der Waals surface area contributed by atoms with Gasteiger partial charge in [-0.15, -0.1) is 24.0 Å². The number of likely N-dealkylation sites (tertiary alicyclic amines) is 1. The average Bonchev–Trinajstić information content (AvgIpc) is 3.07. The molecule has 1 aliphatic heterocycles. The zero-order chi connectivity index (χ0) is 20.7. The lowest BCUT2D eigenvalue weighted by molar-refractivity contribution is -0.137. The van der Waals surface area contributed by atoms with Crippen molar-refractivity contribution in [3.05, 3.63) is 35.4 Å². The van der Waals surface area contributed by atoms with Crippen molar-refractivity contribution in [3.63, 3.8) is 0 Å². The van der Waals surface area contributed by atoms with Gasteiger partial charge in [-0.1, -0.05) is 12.1 Å². The second-order valence-corrected chi connectivity index (χ2v) is 7.10. The number of alkyl halides is 3. The minimum absolute atomic E-state index is 0. The first-order chi connectivity index (χ1) is 13.2. The van der Waals surface area contributed by atoms with Gasteiger partial charge < -0.3 is 15.5 Å². The van der Waals surface area contributed by atoms with Gasteiger partial charge in [-0.3, -0.25) is 14.7 Å². The number of rotatable bonds is 6. The molecule has 0 saturated carbocycles. The lowest BCUT2D eigenvalue weighted by Gasteiger charge is -2.19. The Hall–Kier alpha value is -1.56. The van der Waals surface area contributed by atoms with Crippen molar-refractivity contribution in [1.82, 2.24) is 20.4 Å². The van der Waals surface area contributed by atoms with Gasteiger partial charge in [-0.25, -0.2) is 0 Å². The van der Waals surface area contributed by atoms with E-state index in [4.69, 9.17) is 0 Å². The van der Waals surface area contributed by atoms with Crippen LogP contribution in [0.5, 0.6) is 0 Å². The number of guanidine groups is 1. The third-order valence-corrected chi connectivity index (χ3v) is 4.65. The molecule has 1 atom stereocenters. The summed E-state index contributed by atoms with van der Waals surface area (Å²) in [4.78, 5) is 19.5. The Kier molecular flexibility index (Phi) is 10.2. The largest absolute Gasteiger partial charge is 0.416 e. The van der Waals surface area contributed by atoms with Crippen LogP contribution >= 0.6 is 24.0 Å². The molecular formula is C19H29F3IN5O. The van der Waals surface area contributed by atoms with Crippen molar-refractivity contribution in [2.45, 2.75) is 31.6 Å². The second kappa shape index (κ2) is 11.6. The highest BCUT2D eigenvalue weighted by Gasteiger charge is 2.30. The molecule has 0 aliphatic carbocycles. The summed E-state index contributed by atoms with van der Waals surface area (Å²) in [6.07, 6.45) is -3.00. The van der Waals surface area contributed by atoms with Gasteiger partial charge >= 0.3 is 6.18 Å². The van der Waals surface area contributed by atoms with Gasteiger partial charge in [0.25, 0.3) is 0 Å². The molecule has 2 N–H and O–H groups in total. The van der Waals surface area contributed by atoms with Crippen LogP contribution in [0, 0.1) is 0 Å². The summed E-state index contributed by atoms with van der Waals surface area (Å²) < 4.78 is 37.9. The fourth-order valence-corrected chi connectivity index (χ4v) is 3.05. The molecule has 1 amide bonds. The molecule has 1 saturated heterocycles. The van der Waals surface area contributed by atoms with E-state index in [9.17, 15) is 18.0 Å². The van der Waals surface area contributed by atoms with Gasteiger partial charge in [0.05, 0.1) is 5.56 Å². The van der Waals surface area contributed by atoms with Crippen LogP contribution in [0.1, 0.15) is 24.0 Å². The first-order valence-corrected chi connectivity index (χ1v) is 9.25. The van der Waals surface area contributed by atoms with Crippen molar-refractivity contribution >= 4 is 35.8 Å². The zero-order valence-electron chi connectivity index (χ0n) is 16.9. The van der Waals surface area contributed by atoms with Crippen LogP contribution in [0.2, 0.25) is 0 Å². The number of hydrogen-bond acceptors (Lipinski definition) is 3. The predicted octanol–water partition coefficient (Wildman–Crippen LogP) is 2.54. The highest BCUT2D eigenvalue weighted by atomic mass is 127. The Morgan fingerprint density at radius 2 is 1.93 bits per heavy atom. The Labute approximate surface area is 186 Å². The van der Waals surface area contributed by atoms with Gasteiger partial charge in [-0.2, -0.15) is 13.2 Å². The van der Waals surface area contributed by atoms with Crippen molar-refractivity contribution in [2.75, 3.05) is 40.8 Å². The third-order valence-electron chi connectivity index (χ3n) is 4.65. The van der Waals surface area contributed by atoms with Crippen LogP contribution in [0.15, 0.2) is 29.3 Å². The summed E-state index contributed by atoms with van der Waals surface area (Å²) in [5.74, 6) is 0.694. The lowest BCUT2D eigenvalue weighted by atomic mass is 10.1. The first kappa shape index (κ1) is 25.5. The number of nitrogens with one attached hydrogen (secondary N) is 2. The highest BCUT2D eigenvalue weighted by Crippen LogP contribution is 2.29. The van der Waals surface area contributed by atoms with Gasteiger partial charge in [0.15, 0.2) is 5.96 Å². The minimum atomic E-state index is -4.30. The van der Waals surface area contributed by atoms with Crippen molar-refractivity contribution in [2.24, 2.45) is 4.99 Å². The maximum absolute atomic E-state index is 12.6. The van der Waals surface area contributed by atoms with Gasteiger partial charge in [0.2, 0.25) is 5.91 Å². The summed E-state index contributed by atoms with van der Waals surface area (Å²) in [7, 11) is 5.12. The Bertz CT molecular complexity index is 679. The molecule has 1 fully saturated rings. The second-order valence-electron chi connectivity index (χ2n) is 7.10. The lowest BCUT2D eigenvalue weighted by Crippen LogP contribution is -2.45. The normalized spacial score (nSPS) is 17.6. The molecule has 1 aromatic carbocycles. The van der Waals surface area contributed by atoms with Crippen LogP contribution in [0.4, 0.5) is 13.2 Å². The minimum Gasteiger partial charge on any atom is -0.356 e. The summed E-state index contributed by atoms with van der Waals surface area (Å²) in [5.41, 5.74) is 0.234. The SMILES string of the molecule is CN=C(NCCC(=O)N(C)C)NC1CCN(Cc2ccc(C(F)(F)F)cc2)C1.I. The van der Waals surface area contributed by atoms with E-state index in [0.717, 1.165) is 37.2 Å². The number of carbonyl (C=O) groups is 1. The van der Waals surface area contributed by atoms with E-state index in [1.807, 2.05) is 0 Å². The molecule has 29 heavy (non-hydrogen) atoms. The van der Waals surface area contributed by atoms with E-state index in [-0.39, 0.29) is 35.9 Å². The standard InChI is InChI=1S/C19H28F3N5O.HI/c1-23-18(24-10-8-17(28)26(2)3)25-16-9-11-27(13-16)12-14-4-6-15(7-5-14)19(20,21)22;/h4-7,16H,8-13H2,1-3H3,(H2,23,24,25);1H. The molecule has 2 rings (SSSR count).